The molecule has 0 unspecified atom stereocenters. The van der Waals surface area contributed by atoms with Crippen molar-refractivity contribution in [2.45, 2.75) is 6.42 Å². The van der Waals surface area contributed by atoms with Crippen molar-refractivity contribution >= 4 is 11.9 Å². The van der Waals surface area contributed by atoms with Gasteiger partial charge in [-0.1, -0.05) is 36.4 Å². The van der Waals surface area contributed by atoms with Gasteiger partial charge in [0.15, 0.2) is 6.61 Å². The molecule has 0 saturated carbocycles. The van der Waals surface area contributed by atoms with E-state index in [2.05, 4.69) is 5.32 Å². The van der Waals surface area contributed by atoms with E-state index in [0.29, 0.717) is 17.9 Å². The number of hydrogen-bond acceptors (Lipinski definition) is 4. The molecule has 2 aromatic rings. The van der Waals surface area contributed by atoms with Gasteiger partial charge in [-0.05, 0) is 30.2 Å². The lowest BCUT2D eigenvalue weighted by atomic mass is 10.1. The third kappa shape index (κ3) is 5.47. The summed E-state index contributed by atoms with van der Waals surface area (Å²) >= 11 is 0. The van der Waals surface area contributed by atoms with Gasteiger partial charge in [-0.2, -0.15) is 0 Å². The zero-order chi connectivity index (χ0) is 16.5. The second kappa shape index (κ2) is 8.58. The van der Waals surface area contributed by atoms with Crippen LogP contribution in [0.25, 0.3) is 0 Å². The van der Waals surface area contributed by atoms with Crippen molar-refractivity contribution in [3.8, 4) is 5.75 Å². The monoisotopic (exact) mass is 313 g/mol. The van der Waals surface area contributed by atoms with Crippen LogP contribution in [0.15, 0.2) is 54.6 Å². The number of amides is 1. The van der Waals surface area contributed by atoms with Gasteiger partial charge < -0.3 is 14.8 Å². The van der Waals surface area contributed by atoms with Gasteiger partial charge in [-0.25, -0.2) is 4.79 Å². The van der Waals surface area contributed by atoms with Crippen molar-refractivity contribution in [3.63, 3.8) is 0 Å². The molecule has 0 aliphatic rings. The van der Waals surface area contributed by atoms with E-state index >= 15 is 0 Å². The topological polar surface area (TPSA) is 64.6 Å². The fraction of sp³-hybridized carbons (Fsp3) is 0.222. The Morgan fingerprint density at radius 3 is 2.57 bits per heavy atom. The van der Waals surface area contributed by atoms with Gasteiger partial charge in [0, 0.05) is 6.54 Å². The summed E-state index contributed by atoms with van der Waals surface area (Å²) in [5, 5.41) is 2.72. The Bertz CT molecular complexity index is 655. The van der Waals surface area contributed by atoms with E-state index in [1.807, 2.05) is 30.3 Å². The lowest BCUT2D eigenvalue weighted by Gasteiger charge is -2.07. The van der Waals surface area contributed by atoms with E-state index in [-0.39, 0.29) is 12.5 Å². The lowest BCUT2D eigenvalue weighted by Crippen LogP contribution is -2.30. The number of esters is 1. The number of carbonyl (C=O) groups is 2. The van der Waals surface area contributed by atoms with Gasteiger partial charge >= 0.3 is 5.97 Å². The maximum Gasteiger partial charge on any atom is 0.338 e. The molecule has 0 aliphatic carbocycles. The number of carbonyl (C=O) groups excluding carboxylic acids is 2. The smallest absolute Gasteiger partial charge is 0.338 e. The molecule has 5 nitrogen and oxygen atoms in total. The molecular weight excluding hydrogens is 294 g/mol. The van der Waals surface area contributed by atoms with E-state index < -0.39 is 5.97 Å². The molecule has 0 aromatic heterocycles. The molecule has 0 fully saturated rings. The summed E-state index contributed by atoms with van der Waals surface area (Å²) in [6.07, 6.45) is 0.733. The highest BCUT2D eigenvalue weighted by Crippen LogP contribution is 2.13. The molecule has 0 spiro atoms. The highest BCUT2D eigenvalue weighted by Gasteiger charge is 2.10. The molecule has 120 valence electrons. The first-order valence-corrected chi connectivity index (χ1v) is 7.31. The molecular formula is C18H19NO4. The van der Waals surface area contributed by atoms with Crippen LogP contribution in [0.5, 0.6) is 5.75 Å². The first-order chi connectivity index (χ1) is 11.2. The highest BCUT2D eigenvalue weighted by molar-refractivity contribution is 5.91. The summed E-state index contributed by atoms with van der Waals surface area (Å²) in [5.74, 6) is -0.314. The molecule has 0 aliphatic heterocycles. The lowest BCUT2D eigenvalue weighted by molar-refractivity contribution is -0.124. The van der Waals surface area contributed by atoms with Crippen LogP contribution in [-0.4, -0.2) is 32.1 Å². The van der Waals surface area contributed by atoms with Gasteiger partial charge in [-0.3, -0.25) is 4.79 Å². The summed E-state index contributed by atoms with van der Waals surface area (Å²) in [7, 11) is 1.52. The number of rotatable bonds is 7. The molecule has 2 rings (SSSR count). The van der Waals surface area contributed by atoms with Crippen molar-refractivity contribution in [1.82, 2.24) is 5.32 Å². The number of hydrogen-bond donors (Lipinski definition) is 1. The predicted octanol–water partition coefficient (Wildman–Crippen LogP) is 2.21. The van der Waals surface area contributed by atoms with Crippen molar-refractivity contribution < 1.29 is 19.1 Å². The Balaban J connectivity index is 1.72. The summed E-state index contributed by atoms with van der Waals surface area (Å²) in [6, 6.07) is 16.4. The molecule has 0 saturated heterocycles. The second-order valence-corrected chi connectivity index (χ2v) is 4.89. The van der Waals surface area contributed by atoms with E-state index in [4.69, 9.17) is 9.47 Å². The number of benzene rings is 2. The molecule has 1 amide bonds. The minimum atomic E-state index is -0.554. The zero-order valence-corrected chi connectivity index (χ0v) is 13.0. The van der Waals surface area contributed by atoms with E-state index in [1.165, 1.54) is 7.11 Å². The van der Waals surface area contributed by atoms with E-state index in [1.54, 1.807) is 24.3 Å². The Morgan fingerprint density at radius 1 is 1.04 bits per heavy atom. The van der Waals surface area contributed by atoms with Crippen LogP contribution in [0.2, 0.25) is 0 Å². The number of methoxy groups -OCH3 is 1. The number of ether oxygens (including phenoxy) is 2. The second-order valence-electron chi connectivity index (χ2n) is 4.89. The van der Waals surface area contributed by atoms with Gasteiger partial charge in [-0.15, -0.1) is 0 Å². The van der Waals surface area contributed by atoms with Gasteiger partial charge in [0.25, 0.3) is 5.91 Å². The summed E-state index contributed by atoms with van der Waals surface area (Å²) < 4.78 is 10.0. The summed E-state index contributed by atoms with van der Waals surface area (Å²) in [4.78, 5) is 23.5. The molecule has 0 atom stereocenters. The van der Waals surface area contributed by atoms with Gasteiger partial charge in [0.2, 0.25) is 0 Å². The quantitative estimate of drug-likeness (QED) is 0.796. The van der Waals surface area contributed by atoms with Crippen molar-refractivity contribution in [2.24, 2.45) is 0 Å². The molecule has 23 heavy (non-hydrogen) atoms. The SMILES string of the molecule is COc1cccc(C(=O)OCC(=O)NCCc2ccccc2)c1. The van der Waals surface area contributed by atoms with Crippen LogP contribution >= 0.6 is 0 Å². The third-order valence-electron chi connectivity index (χ3n) is 3.22. The van der Waals surface area contributed by atoms with E-state index in [9.17, 15) is 9.59 Å². The summed E-state index contributed by atoms with van der Waals surface area (Å²) in [6.45, 7) is 0.199. The first-order valence-electron chi connectivity index (χ1n) is 7.31. The van der Waals surface area contributed by atoms with Crippen LogP contribution in [0.3, 0.4) is 0 Å². The van der Waals surface area contributed by atoms with Crippen LogP contribution in [0, 0.1) is 0 Å². The minimum Gasteiger partial charge on any atom is -0.497 e. The predicted molar refractivity (Wildman–Crippen MR) is 86.4 cm³/mol. The molecule has 2 aromatic carbocycles. The Kier molecular flexibility index (Phi) is 6.17. The Hall–Kier alpha value is -2.82. The normalized spacial score (nSPS) is 9.96. The van der Waals surface area contributed by atoms with Crippen LogP contribution < -0.4 is 10.1 Å². The highest BCUT2D eigenvalue weighted by atomic mass is 16.5. The largest absolute Gasteiger partial charge is 0.497 e. The molecule has 0 bridgehead atoms. The fourth-order valence-electron chi connectivity index (χ4n) is 2.01. The maximum atomic E-state index is 11.9. The standard InChI is InChI=1S/C18H19NO4/c1-22-16-9-5-8-15(12-16)18(21)23-13-17(20)19-11-10-14-6-3-2-4-7-14/h2-9,12H,10-11,13H2,1H3,(H,19,20). The third-order valence-corrected chi connectivity index (χ3v) is 3.22. The number of nitrogens with one attached hydrogen (secondary N) is 1. The van der Waals surface area contributed by atoms with Crippen molar-refractivity contribution in [2.75, 3.05) is 20.3 Å². The zero-order valence-electron chi connectivity index (χ0n) is 13.0. The molecule has 1 N–H and O–H groups in total. The van der Waals surface area contributed by atoms with Crippen LogP contribution in [-0.2, 0) is 16.0 Å². The molecule has 0 radical (unpaired) electrons. The van der Waals surface area contributed by atoms with Crippen molar-refractivity contribution in [3.05, 3.63) is 65.7 Å². The van der Waals surface area contributed by atoms with Crippen molar-refractivity contribution in [1.29, 1.82) is 0 Å². The average Bonchev–Trinajstić information content (AvgIpc) is 2.60. The molecule has 5 heteroatoms. The van der Waals surface area contributed by atoms with Crippen LogP contribution in [0.1, 0.15) is 15.9 Å². The Morgan fingerprint density at radius 2 is 1.83 bits per heavy atom. The van der Waals surface area contributed by atoms with Crippen LogP contribution in [0.4, 0.5) is 0 Å². The van der Waals surface area contributed by atoms with E-state index in [0.717, 1.165) is 12.0 Å². The van der Waals surface area contributed by atoms with Gasteiger partial charge in [0.05, 0.1) is 12.7 Å². The minimum absolute atomic E-state index is 0.301. The Labute approximate surface area is 135 Å². The average molecular weight is 313 g/mol. The molecule has 0 heterocycles. The summed E-state index contributed by atoms with van der Waals surface area (Å²) in [5.41, 5.74) is 1.49. The maximum absolute atomic E-state index is 11.9. The fourth-order valence-corrected chi connectivity index (χ4v) is 2.01. The first kappa shape index (κ1) is 16.5. The van der Waals surface area contributed by atoms with Gasteiger partial charge in [0.1, 0.15) is 5.75 Å².